The quantitative estimate of drug-likeness (QED) is 0.367. The maximum absolute atomic E-state index is 6.41. The topological polar surface area (TPSA) is 26.0 Å². The average Bonchev–Trinajstić information content (AvgIpc) is 2.96. The van der Waals surface area contributed by atoms with E-state index in [2.05, 4.69) is 84.9 Å². The van der Waals surface area contributed by atoms with Gasteiger partial charge in [0.1, 0.15) is 11.3 Å². The van der Waals surface area contributed by atoms with Crippen molar-refractivity contribution in [2.45, 2.75) is 60.3 Å². The first-order chi connectivity index (χ1) is 13.3. The van der Waals surface area contributed by atoms with Crippen LogP contribution in [0, 0.1) is 20.8 Å². The number of hydrogen-bond acceptors (Lipinski definition) is 2. The molecule has 2 aromatic heterocycles. The summed E-state index contributed by atoms with van der Waals surface area (Å²) in [5, 5.41) is 3.63. The number of furan rings is 1. The van der Waals surface area contributed by atoms with Crippen molar-refractivity contribution in [2.24, 2.45) is 0 Å². The van der Waals surface area contributed by atoms with E-state index in [0.717, 1.165) is 28.3 Å². The Morgan fingerprint density at radius 2 is 1.57 bits per heavy atom. The Morgan fingerprint density at radius 1 is 0.821 bits per heavy atom. The molecule has 0 aliphatic heterocycles. The van der Waals surface area contributed by atoms with Gasteiger partial charge in [0.25, 0.3) is 0 Å². The van der Waals surface area contributed by atoms with E-state index in [4.69, 9.17) is 9.40 Å². The fraction of sp³-hybridized carbons (Fsp3) is 0.346. The standard InChI is InChI=1S/C26H29NO/c1-14(2)19-8-9-21-20(13-19)12-17(6)27-24(21)23-11-16(5)10-22-18(7)25(15(3)4)28-26(22)23/h8-15H,1-7H3. The molecule has 0 aliphatic rings. The minimum absolute atomic E-state index is 0.358. The fourth-order valence-electron chi connectivity index (χ4n) is 4.18. The maximum atomic E-state index is 6.41. The summed E-state index contributed by atoms with van der Waals surface area (Å²) in [5.74, 6) is 1.94. The SMILES string of the molecule is Cc1cc(-c2nc(C)cc3cc(C(C)C)ccc23)c2oc(C(C)C)c(C)c2c1. The molecule has 0 spiro atoms. The molecular formula is C26H29NO. The van der Waals surface area contributed by atoms with Crippen LogP contribution in [-0.2, 0) is 0 Å². The second-order valence-electron chi connectivity index (χ2n) is 8.68. The molecule has 144 valence electrons. The number of aromatic nitrogens is 1. The van der Waals surface area contributed by atoms with Gasteiger partial charge in [-0.15, -0.1) is 0 Å². The highest BCUT2D eigenvalue weighted by Gasteiger charge is 2.19. The first kappa shape index (κ1) is 18.7. The van der Waals surface area contributed by atoms with Gasteiger partial charge in [-0.25, -0.2) is 0 Å². The molecule has 4 rings (SSSR count). The Balaban J connectivity index is 2.07. The first-order valence-electron chi connectivity index (χ1n) is 10.2. The summed E-state index contributed by atoms with van der Waals surface area (Å²) >= 11 is 0. The van der Waals surface area contributed by atoms with Crippen LogP contribution in [0.15, 0.2) is 40.8 Å². The molecule has 2 nitrogen and oxygen atoms in total. The molecule has 2 heteroatoms. The number of aryl methyl sites for hydroxylation is 3. The smallest absolute Gasteiger partial charge is 0.143 e. The van der Waals surface area contributed by atoms with E-state index in [1.54, 1.807) is 0 Å². The highest BCUT2D eigenvalue weighted by Crippen LogP contribution is 2.39. The van der Waals surface area contributed by atoms with Gasteiger partial charge in [0, 0.05) is 27.9 Å². The lowest BCUT2D eigenvalue weighted by molar-refractivity contribution is 0.518. The maximum Gasteiger partial charge on any atom is 0.143 e. The number of fused-ring (bicyclic) bond motifs is 2. The summed E-state index contributed by atoms with van der Waals surface area (Å²) in [4.78, 5) is 4.96. The minimum Gasteiger partial charge on any atom is -0.460 e. The third-order valence-corrected chi connectivity index (χ3v) is 5.65. The molecule has 2 heterocycles. The molecule has 0 N–H and O–H groups in total. The summed E-state index contributed by atoms with van der Waals surface area (Å²) in [6, 6.07) is 13.4. The van der Waals surface area contributed by atoms with Crippen molar-refractivity contribution in [3.8, 4) is 11.3 Å². The van der Waals surface area contributed by atoms with Gasteiger partial charge in [-0.2, -0.15) is 0 Å². The zero-order valence-electron chi connectivity index (χ0n) is 18.0. The molecule has 0 fully saturated rings. The van der Waals surface area contributed by atoms with Gasteiger partial charge in [0.05, 0.1) is 5.69 Å². The summed E-state index contributed by atoms with van der Waals surface area (Å²) < 4.78 is 6.41. The van der Waals surface area contributed by atoms with Crippen LogP contribution >= 0.6 is 0 Å². The molecule has 0 saturated carbocycles. The molecule has 4 aromatic rings. The van der Waals surface area contributed by atoms with Crippen LogP contribution in [0.25, 0.3) is 33.0 Å². The van der Waals surface area contributed by atoms with E-state index in [1.165, 1.54) is 32.8 Å². The van der Waals surface area contributed by atoms with E-state index >= 15 is 0 Å². The predicted octanol–water partition coefficient (Wildman–Crippen LogP) is 7.82. The number of pyridine rings is 1. The summed E-state index contributed by atoms with van der Waals surface area (Å²) in [5.41, 5.74) is 7.93. The fourth-order valence-corrected chi connectivity index (χ4v) is 4.18. The zero-order chi connectivity index (χ0) is 20.2. The minimum atomic E-state index is 0.358. The molecule has 0 radical (unpaired) electrons. The Bertz CT molecular complexity index is 1190. The monoisotopic (exact) mass is 371 g/mol. The van der Waals surface area contributed by atoms with Crippen molar-refractivity contribution >= 4 is 21.7 Å². The molecule has 0 atom stereocenters. The van der Waals surface area contributed by atoms with E-state index in [9.17, 15) is 0 Å². The van der Waals surface area contributed by atoms with Crippen molar-refractivity contribution in [3.63, 3.8) is 0 Å². The number of nitrogens with zero attached hydrogens (tertiary/aromatic N) is 1. The molecule has 0 amide bonds. The number of rotatable bonds is 3. The summed E-state index contributed by atoms with van der Waals surface area (Å²) in [6.45, 7) is 15.2. The Kier molecular flexibility index (Phi) is 4.53. The van der Waals surface area contributed by atoms with Gasteiger partial charge in [-0.1, -0.05) is 45.9 Å². The van der Waals surface area contributed by atoms with Gasteiger partial charge in [0.15, 0.2) is 0 Å². The van der Waals surface area contributed by atoms with Gasteiger partial charge in [0.2, 0.25) is 0 Å². The molecule has 28 heavy (non-hydrogen) atoms. The molecule has 0 saturated heterocycles. The lowest BCUT2D eigenvalue weighted by Gasteiger charge is -2.12. The largest absolute Gasteiger partial charge is 0.460 e. The first-order valence-corrected chi connectivity index (χ1v) is 10.2. The summed E-state index contributed by atoms with van der Waals surface area (Å²) in [6.07, 6.45) is 0. The Morgan fingerprint density at radius 3 is 2.25 bits per heavy atom. The van der Waals surface area contributed by atoms with Crippen molar-refractivity contribution < 1.29 is 4.42 Å². The number of hydrogen-bond donors (Lipinski definition) is 0. The lowest BCUT2D eigenvalue weighted by atomic mass is 9.95. The van der Waals surface area contributed by atoms with Crippen LogP contribution in [0.2, 0.25) is 0 Å². The molecule has 2 aromatic carbocycles. The Hall–Kier alpha value is -2.61. The van der Waals surface area contributed by atoms with Crippen molar-refractivity contribution in [3.05, 3.63) is 64.5 Å². The van der Waals surface area contributed by atoms with Crippen molar-refractivity contribution in [1.82, 2.24) is 4.98 Å². The van der Waals surface area contributed by atoms with Crippen LogP contribution in [0.1, 0.15) is 67.7 Å². The molecule has 0 bridgehead atoms. The predicted molar refractivity (Wildman–Crippen MR) is 119 cm³/mol. The van der Waals surface area contributed by atoms with E-state index in [-0.39, 0.29) is 0 Å². The normalized spacial score (nSPS) is 12.0. The molecule has 0 aliphatic carbocycles. The summed E-state index contributed by atoms with van der Waals surface area (Å²) in [7, 11) is 0. The number of benzene rings is 2. The van der Waals surface area contributed by atoms with E-state index in [1.807, 2.05) is 0 Å². The average molecular weight is 372 g/mol. The molecule has 0 unspecified atom stereocenters. The van der Waals surface area contributed by atoms with Crippen molar-refractivity contribution in [2.75, 3.05) is 0 Å². The van der Waals surface area contributed by atoms with Gasteiger partial charge < -0.3 is 4.42 Å². The molecular weight excluding hydrogens is 342 g/mol. The van der Waals surface area contributed by atoms with Crippen LogP contribution in [-0.4, -0.2) is 4.98 Å². The lowest BCUT2D eigenvalue weighted by Crippen LogP contribution is -1.93. The second kappa shape index (κ2) is 6.77. The van der Waals surface area contributed by atoms with Crippen LogP contribution in [0.4, 0.5) is 0 Å². The Labute approximate surface area is 167 Å². The van der Waals surface area contributed by atoms with Gasteiger partial charge in [-0.3, -0.25) is 4.98 Å². The second-order valence-corrected chi connectivity index (χ2v) is 8.68. The highest BCUT2D eigenvalue weighted by atomic mass is 16.3. The van der Waals surface area contributed by atoms with Crippen LogP contribution < -0.4 is 0 Å². The third kappa shape index (κ3) is 3.01. The van der Waals surface area contributed by atoms with Crippen molar-refractivity contribution in [1.29, 1.82) is 0 Å². The van der Waals surface area contributed by atoms with Gasteiger partial charge in [-0.05, 0) is 67.0 Å². The van der Waals surface area contributed by atoms with E-state index < -0.39 is 0 Å². The van der Waals surface area contributed by atoms with Crippen LogP contribution in [0.3, 0.4) is 0 Å². The van der Waals surface area contributed by atoms with Gasteiger partial charge >= 0.3 is 0 Å². The zero-order valence-corrected chi connectivity index (χ0v) is 18.0. The van der Waals surface area contributed by atoms with E-state index in [0.29, 0.717) is 11.8 Å². The third-order valence-electron chi connectivity index (χ3n) is 5.65. The van der Waals surface area contributed by atoms with Crippen LogP contribution in [0.5, 0.6) is 0 Å². The highest BCUT2D eigenvalue weighted by molar-refractivity contribution is 6.03.